The Labute approximate surface area is 107 Å². The monoisotopic (exact) mass is 294 g/mol. The van der Waals surface area contributed by atoms with Gasteiger partial charge in [0.1, 0.15) is 5.75 Å². The van der Waals surface area contributed by atoms with E-state index in [9.17, 15) is 26.4 Å². The standard InChI is InChI=1S/C11H9F3O4S/c12-11(13,14)19(16,17)18-9-5-3-8(4-6-9)10(15)7-1-2-7/h3-7H,1-2H2. The summed E-state index contributed by atoms with van der Waals surface area (Å²) in [6.07, 6.45) is 1.61. The zero-order valence-electron chi connectivity index (χ0n) is 9.48. The van der Waals surface area contributed by atoms with Gasteiger partial charge >= 0.3 is 15.6 Å². The van der Waals surface area contributed by atoms with Crippen molar-refractivity contribution in [1.82, 2.24) is 0 Å². The molecule has 1 aliphatic carbocycles. The van der Waals surface area contributed by atoms with Crippen LogP contribution in [0.25, 0.3) is 0 Å². The first-order valence-electron chi connectivity index (χ1n) is 5.36. The number of benzene rings is 1. The summed E-state index contributed by atoms with van der Waals surface area (Å²) >= 11 is 0. The predicted octanol–water partition coefficient (Wildman–Crippen LogP) is 2.51. The molecule has 0 heterocycles. The molecule has 1 aliphatic rings. The van der Waals surface area contributed by atoms with E-state index in [1.807, 2.05) is 0 Å². The lowest BCUT2D eigenvalue weighted by Crippen LogP contribution is -2.28. The van der Waals surface area contributed by atoms with E-state index in [0.717, 1.165) is 25.0 Å². The fraction of sp³-hybridized carbons (Fsp3) is 0.364. The number of ketones is 1. The average molecular weight is 294 g/mol. The summed E-state index contributed by atoms with van der Waals surface area (Å²) in [6.45, 7) is 0. The number of hydrogen-bond acceptors (Lipinski definition) is 4. The van der Waals surface area contributed by atoms with E-state index in [1.54, 1.807) is 0 Å². The van der Waals surface area contributed by atoms with Gasteiger partial charge in [-0.25, -0.2) is 0 Å². The molecular weight excluding hydrogens is 285 g/mol. The van der Waals surface area contributed by atoms with Crippen LogP contribution in [0.15, 0.2) is 24.3 Å². The van der Waals surface area contributed by atoms with Crippen molar-refractivity contribution in [3.05, 3.63) is 29.8 Å². The van der Waals surface area contributed by atoms with Crippen molar-refractivity contribution in [3.63, 3.8) is 0 Å². The SMILES string of the molecule is O=C(c1ccc(OS(=O)(=O)C(F)(F)F)cc1)C1CC1. The molecule has 0 spiro atoms. The van der Waals surface area contributed by atoms with Crippen molar-refractivity contribution >= 4 is 15.9 Å². The molecule has 8 heteroatoms. The van der Waals surface area contributed by atoms with Crippen LogP contribution in [0.2, 0.25) is 0 Å². The number of hydrogen-bond donors (Lipinski definition) is 0. The molecule has 0 radical (unpaired) electrons. The average Bonchev–Trinajstić information content (AvgIpc) is 3.11. The summed E-state index contributed by atoms with van der Waals surface area (Å²) in [7, 11) is -5.67. The van der Waals surface area contributed by atoms with Crippen LogP contribution in [0.3, 0.4) is 0 Å². The van der Waals surface area contributed by atoms with E-state index >= 15 is 0 Å². The molecule has 1 fully saturated rings. The third kappa shape index (κ3) is 3.06. The second kappa shape index (κ2) is 4.52. The van der Waals surface area contributed by atoms with Gasteiger partial charge in [0.05, 0.1) is 0 Å². The summed E-state index contributed by atoms with van der Waals surface area (Å²) in [5.74, 6) is -0.597. The molecule has 4 nitrogen and oxygen atoms in total. The number of Topliss-reactive ketones (excluding diaryl/α,β-unsaturated/α-hetero) is 1. The maximum absolute atomic E-state index is 12.1. The zero-order valence-corrected chi connectivity index (χ0v) is 10.3. The summed E-state index contributed by atoms with van der Waals surface area (Å²) in [5.41, 5.74) is -5.14. The Morgan fingerprint density at radius 1 is 1.16 bits per heavy atom. The number of alkyl halides is 3. The van der Waals surface area contributed by atoms with Gasteiger partial charge in [0, 0.05) is 11.5 Å². The highest BCUT2D eigenvalue weighted by Gasteiger charge is 2.48. The molecule has 0 N–H and O–H groups in total. The van der Waals surface area contributed by atoms with E-state index in [-0.39, 0.29) is 11.7 Å². The lowest BCUT2D eigenvalue weighted by molar-refractivity contribution is -0.0500. The maximum atomic E-state index is 12.1. The quantitative estimate of drug-likeness (QED) is 0.486. The minimum absolute atomic E-state index is 0.0225. The van der Waals surface area contributed by atoms with Crippen LogP contribution >= 0.6 is 0 Å². The molecular formula is C11H9F3O4S. The van der Waals surface area contributed by atoms with Crippen LogP contribution in [0.1, 0.15) is 23.2 Å². The molecule has 0 aromatic heterocycles. The lowest BCUT2D eigenvalue weighted by atomic mass is 10.1. The van der Waals surface area contributed by atoms with Crippen molar-refractivity contribution in [2.45, 2.75) is 18.3 Å². The number of carbonyl (C=O) groups excluding carboxylic acids is 1. The molecule has 0 atom stereocenters. The third-order valence-electron chi connectivity index (χ3n) is 2.58. The van der Waals surface area contributed by atoms with Gasteiger partial charge in [-0.1, -0.05) is 0 Å². The van der Waals surface area contributed by atoms with E-state index in [4.69, 9.17) is 0 Å². The molecule has 1 aromatic rings. The number of halogens is 3. The van der Waals surface area contributed by atoms with Gasteiger partial charge in [0.2, 0.25) is 0 Å². The van der Waals surface area contributed by atoms with Crippen LogP contribution in [0.4, 0.5) is 13.2 Å². The van der Waals surface area contributed by atoms with Gasteiger partial charge < -0.3 is 4.18 Å². The Morgan fingerprint density at radius 2 is 1.68 bits per heavy atom. The smallest absolute Gasteiger partial charge is 0.376 e. The molecule has 19 heavy (non-hydrogen) atoms. The molecule has 1 saturated carbocycles. The van der Waals surface area contributed by atoms with Gasteiger partial charge in [0.15, 0.2) is 5.78 Å². The highest BCUT2D eigenvalue weighted by molar-refractivity contribution is 7.87. The molecule has 0 saturated heterocycles. The Hall–Kier alpha value is -1.57. The molecule has 104 valence electrons. The van der Waals surface area contributed by atoms with Crippen molar-refractivity contribution in [1.29, 1.82) is 0 Å². The summed E-state index contributed by atoms with van der Waals surface area (Å²) in [5, 5.41) is 0. The number of carbonyl (C=O) groups is 1. The van der Waals surface area contributed by atoms with Gasteiger partial charge in [-0.15, -0.1) is 0 Å². The maximum Gasteiger partial charge on any atom is 0.534 e. The van der Waals surface area contributed by atoms with Gasteiger partial charge in [-0.2, -0.15) is 21.6 Å². The Kier molecular flexibility index (Phi) is 3.29. The first kappa shape index (κ1) is 13.9. The minimum atomic E-state index is -5.67. The van der Waals surface area contributed by atoms with Gasteiger partial charge in [-0.05, 0) is 37.1 Å². The predicted molar refractivity (Wildman–Crippen MR) is 59.1 cm³/mol. The topological polar surface area (TPSA) is 60.4 Å². The Balaban J connectivity index is 2.13. The van der Waals surface area contributed by atoms with E-state index in [2.05, 4.69) is 4.18 Å². The second-order valence-electron chi connectivity index (χ2n) is 4.15. The minimum Gasteiger partial charge on any atom is -0.376 e. The highest BCUT2D eigenvalue weighted by atomic mass is 32.2. The van der Waals surface area contributed by atoms with Crippen LogP contribution < -0.4 is 4.18 Å². The number of rotatable bonds is 4. The normalized spacial score (nSPS) is 16.2. The molecule has 0 aliphatic heterocycles. The van der Waals surface area contributed by atoms with Crippen molar-refractivity contribution in [2.75, 3.05) is 0 Å². The fourth-order valence-electron chi connectivity index (χ4n) is 1.43. The first-order chi connectivity index (χ1) is 8.71. The summed E-state index contributed by atoms with van der Waals surface area (Å²) in [4.78, 5) is 11.6. The molecule has 1 aromatic carbocycles. The van der Waals surface area contributed by atoms with E-state index in [1.165, 1.54) is 12.1 Å². The lowest BCUT2D eigenvalue weighted by Gasteiger charge is -2.09. The van der Waals surface area contributed by atoms with Gasteiger partial charge in [0.25, 0.3) is 0 Å². The third-order valence-corrected chi connectivity index (χ3v) is 3.56. The molecule has 2 rings (SSSR count). The van der Waals surface area contributed by atoms with Crippen LogP contribution in [0.5, 0.6) is 5.75 Å². The van der Waals surface area contributed by atoms with Crippen molar-refractivity contribution in [2.24, 2.45) is 5.92 Å². The largest absolute Gasteiger partial charge is 0.534 e. The Bertz CT molecular complexity index is 585. The van der Waals surface area contributed by atoms with Crippen LogP contribution in [-0.2, 0) is 10.1 Å². The van der Waals surface area contributed by atoms with Crippen LogP contribution in [0, 0.1) is 5.92 Å². The van der Waals surface area contributed by atoms with E-state index in [0.29, 0.717) is 5.56 Å². The highest BCUT2D eigenvalue weighted by Crippen LogP contribution is 2.33. The summed E-state index contributed by atoms with van der Waals surface area (Å²) in [6, 6.07) is 4.56. The summed E-state index contributed by atoms with van der Waals surface area (Å²) < 4.78 is 61.6. The molecule has 0 unspecified atom stereocenters. The first-order valence-corrected chi connectivity index (χ1v) is 6.76. The fourth-order valence-corrected chi connectivity index (χ4v) is 1.89. The zero-order chi connectivity index (χ0) is 14.3. The van der Waals surface area contributed by atoms with Crippen LogP contribution in [-0.4, -0.2) is 19.7 Å². The van der Waals surface area contributed by atoms with Crippen molar-refractivity contribution < 1.29 is 30.6 Å². The molecule has 0 bridgehead atoms. The van der Waals surface area contributed by atoms with Crippen molar-refractivity contribution in [3.8, 4) is 5.75 Å². The Morgan fingerprint density at radius 3 is 2.11 bits per heavy atom. The second-order valence-corrected chi connectivity index (χ2v) is 5.68. The molecule has 0 amide bonds. The van der Waals surface area contributed by atoms with Gasteiger partial charge in [-0.3, -0.25) is 4.79 Å². The van der Waals surface area contributed by atoms with E-state index < -0.39 is 21.4 Å².